The summed E-state index contributed by atoms with van der Waals surface area (Å²) in [6.07, 6.45) is 17.2. The Hall–Kier alpha value is -1.99. The number of unbranched alkanes of at least 4 members (excludes halogenated alkanes) is 4. The lowest BCUT2D eigenvalue weighted by atomic mass is 9.82. The lowest BCUT2D eigenvalue weighted by Gasteiger charge is -2.24. The normalized spacial score (nSPS) is 11.9. The standard InChI is InChI=1S/C28H47N3O3Si/c1-5-7-15-28(3,4)16-9-12-21-35-34-27-24(14-13-17-29-27)25-22-31-26(23-30-25)33-20-11-10-19-32-18-8-6-2/h13-14,17,22-23H,5-12,15-16,18-21,35H2,1-4H3. The van der Waals surface area contributed by atoms with Gasteiger partial charge in [0.1, 0.15) is 0 Å². The largest absolute Gasteiger partial charge is 0.536 e. The molecule has 2 aromatic rings. The van der Waals surface area contributed by atoms with Gasteiger partial charge in [-0.3, -0.25) is 0 Å². The summed E-state index contributed by atoms with van der Waals surface area (Å²) in [5.41, 5.74) is 2.12. The molecule has 0 amide bonds. The van der Waals surface area contributed by atoms with Crippen molar-refractivity contribution < 1.29 is 13.9 Å². The van der Waals surface area contributed by atoms with Crippen LogP contribution >= 0.6 is 0 Å². The van der Waals surface area contributed by atoms with Crippen molar-refractivity contribution in [1.29, 1.82) is 0 Å². The Bertz CT molecular complexity index is 802. The van der Waals surface area contributed by atoms with Gasteiger partial charge in [-0.25, -0.2) is 15.0 Å². The summed E-state index contributed by atoms with van der Waals surface area (Å²) in [5, 5.41) is 0. The van der Waals surface area contributed by atoms with E-state index in [9.17, 15) is 0 Å². The maximum absolute atomic E-state index is 6.16. The molecule has 0 atom stereocenters. The first-order valence-corrected chi connectivity index (χ1v) is 15.2. The molecular formula is C28H47N3O3Si. The molecule has 7 heteroatoms. The fraction of sp³-hybridized carbons (Fsp3) is 0.679. The van der Waals surface area contributed by atoms with Gasteiger partial charge in [-0.1, -0.05) is 59.8 Å². The number of aromatic nitrogens is 3. The zero-order chi connectivity index (χ0) is 25.2. The molecule has 0 aliphatic carbocycles. The minimum atomic E-state index is -0.670. The maximum Gasteiger partial charge on any atom is 0.232 e. The second-order valence-corrected chi connectivity index (χ2v) is 11.4. The monoisotopic (exact) mass is 501 g/mol. The molecule has 2 aromatic heterocycles. The van der Waals surface area contributed by atoms with E-state index in [1.54, 1.807) is 18.6 Å². The van der Waals surface area contributed by atoms with Crippen LogP contribution in [0.3, 0.4) is 0 Å². The Morgan fingerprint density at radius 3 is 2.37 bits per heavy atom. The second-order valence-electron chi connectivity index (χ2n) is 10.0. The number of hydrogen-bond donors (Lipinski definition) is 0. The number of rotatable bonds is 20. The Morgan fingerprint density at radius 1 is 0.829 bits per heavy atom. The van der Waals surface area contributed by atoms with Crippen LogP contribution in [0.4, 0.5) is 0 Å². The average Bonchev–Trinajstić information content (AvgIpc) is 2.87. The summed E-state index contributed by atoms with van der Waals surface area (Å²) in [6, 6.07) is 5.08. The molecule has 0 fully saturated rings. The molecule has 6 nitrogen and oxygen atoms in total. The van der Waals surface area contributed by atoms with Crippen LogP contribution in [-0.4, -0.2) is 44.5 Å². The molecule has 2 rings (SSSR count). The van der Waals surface area contributed by atoms with Gasteiger partial charge < -0.3 is 13.9 Å². The first-order valence-electron chi connectivity index (χ1n) is 13.7. The van der Waals surface area contributed by atoms with Crippen molar-refractivity contribution in [2.75, 3.05) is 19.8 Å². The highest BCUT2D eigenvalue weighted by Crippen LogP contribution is 2.30. The number of hydrogen-bond acceptors (Lipinski definition) is 6. The molecule has 0 aliphatic rings. The van der Waals surface area contributed by atoms with Crippen LogP contribution in [0.25, 0.3) is 11.3 Å². The highest BCUT2D eigenvalue weighted by atomic mass is 28.2. The molecule has 0 aliphatic heterocycles. The summed E-state index contributed by atoms with van der Waals surface area (Å²) in [6.45, 7) is 11.5. The van der Waals surface area contributed by atoms with Gasteiger partial charge in [0.2, 0.25) is 21.5 Å². The van der Waals surface area contributed by atoms with Crippen molar-refractivity contribution in [3.63, 3.8) is 0 Å². The van der Waals surface area contributed by atoms with Gasteiger partial charge in [0, 0.05) is 19.4 Å². The van der Waals surface area contributed by atoms with Crippen LogP contribution in [0.2, 0.25) is 6.04 Å². The number of nitrogens with zero attached hydrogens (tertiary/aromatic N) is 3. The summed E-state index contributed by atoms with van der Waals surface area (Å²) in [4.78, 5) is 13.4. The topological polar surface area (TPSA) is 66.4 Å². The van der Waals surface area contributed by atoms with E-state index in [1.165, 1.54) is 51.0 Å². The zero-order valence-corrected chi connectivity index (χ0v) is 24.0. The minimum absolute atomic E-state index is 0.462. The Labute approximate surface area is 215 Å². The van der Waals surface area contributed by atoms with Crippen molar-refractivity contribution in [2.24, 2.45) is 5.41 Å². The Kier molecular flexibility index (Phi) is 14.6. The van der Waals surface area contributed by atoms with Crippen LogP contribution in [-0.2, 0) is 4.74 Å². The number of ether oxygens (including phenoxy) is 2. The average molecular weight is 502 g/mol. The van der Waals surface area contributed by atoms with Gasteiger partial charge in [-0.15, -0.1) is 0 Å². The van der Waals surface area contributed by atoms with Crippen molar-refractivity contribution in [1.82, 2.24) is 15.0 Å². The molecule has 0 bridgehead atoms. The Balaban J connectivity index is 1.71. The van der Waals surface area contributed by atoms with E-state index in [0.717, 1.165) is 43.7 Å². The summed E-state index contributed by atoms with van der Waals surface area (Å²) in [7, 11) is -0.670. The lowest BCUT2D eigenvalue weighted by molar-refractivity contribution is 0.123. The van der Waals surface area contributed by atoms with Crippen LogP contribution in [0.1, 0.15) is 91.9 Å². The third kappa shape index (κ3) is 12.5. The van der Waals surface area contributed by atoms with Crippen LogP contribution in [0, 0.1) is 5.41 Å². The smallest absolute Gasteiger partial charge is 0.232 e. The fourth-order valence-electron chi connectivity index (χ4n) is 3.89. The van der Waals surface area contributed by atoms with Crippen molar-refractivity contribution >= 4 is 9.76 Å². The van der Waals surface area contributed by atoms with Gasteiger partial charge in [-0.2, -0.15) is 0 Å². The van der Waals surface area contributed by atoms with Crippen LogP contribution < -0.4 is 9.16 Å². The Morgan fingerprint density at radius 2 is 1.60 bits per heavy atom. The first kappa shape index (κ1) is 29.2. The molecule has 35 heavy (non-hydrogen) atoms. The third-order valence-corrected chi connectivity index (χ3v) is 7.46. The van der Waals surface area contributed by atoms with E-state index >= 15 is 0 Å². The van der Waals surface area contributed by atoms with Gasteiger partial charge in [0.05, 0.1) is 30.3 Å². The summed E-state index contributed by atoms with van der Waals surface area (Å²) in [5.74, 6) is 1.22. The van der Waals surface area contributed by atoms with Gasteiger partial charge in [0.25, 0.3) is 0 Å². The molecule has 196 valence electrons. The van der Waals surface area contributed by atoms with E-state index in [0.29, 0.717) is 23.8 Å². The van der Waals surface area contributed by atoms with Crippen molar-refractivity contribution in [3.05, 3.63) is 30.7 Å². The second kappa shape index (κ2) is 17.4. The molecule has 0 saturated carbocycles. The molecular weight excluding hydrogens is 454 g/mol. The summed E-state index contributed by atoms with van der Waals surface area (Å²) >= 11 is 0. The zero-order valence-electron chi connectivity index (χ0n) is 22.6. The highest BCUT2D eigenvalue weighted by molar-refractivity contribution is 6.28. The molecule has 0 unspecified atom stereocenters. The van der Waals surface area contributed by atoms with Crippen LogP contribution in [0.5, 0.6) is 11.8 Å². The molecule has 0 spiro atoms. The third-order valence-electron chi connectivity index (χ3n) is 6.19. The quantitative estimate of drug-likeness (QED) is 0.147. The minimum Gasteiger partial charge on any atom is -0.536 e. The molecule has 0 N–H and O–H groups in total. The molecule has 0 radical (unpaired) electrons. The number of pyridine rings is 1. The van der Waals surface area contributed by atoms with E-state index in [4.69, 9.17) is 13.9 Å². The first-order chi connectivity index (χ1) is 17.1. The molecule has 0 aromatic carbocycles. The fourth-order valence-corrected chi connectivity index (χ4v) is 5.02. The van der Waals surface area contributed by atoms with Crippen molar-refractivity contribution in [2.45, 2.75) is 97.9 Å². The predicted octanol–water partition coefficient (Wildman–Crippen LogP) is 6.78. The summed E-state index contributed by atoms with van der Waals surface area (Å²) < 4.78 is 17.5. The lowest BCUT2D eigenvalue weighted by Crippen LogP contribution is -2.11. The molecule has 2 heterocycles. The van der Waals surface area contributed by atoms with E-state index in [-0.39, 0.29) is 0 Å². The maximum atomic E-state index is 6.16. The van der Waals surface area contributed by atoms with E-state index in [1.807, 2.05) is 12.1 Å². The van der Waals surface area contributed by atoms with Gasteiger partial charge in [0.15, 0.2) is 0 Å². The van der Waals surface area contributed by atoms with E-state index in [2.05, 4.69) is 42.6 Å². The van der Waals surface area contributed by atoms with Crippen molar-refractivity contribution in [3.8, 4) is 23.0 Å². The van der Waals surface area contributed by atoms with Gasteiger partial charge >= 0.3 is 0 Å². The predicted molar refractivity (Wildman–Crippen MR) is 147 cm³/mol. The van der Waals surface area contributed by atoms with Crippen LogP contribution in [0.15, 0.2) is 30.7 Å². The highest BCUT2D eigenvalue weighted by Gasteiger charge is 2.16. The molecule has 0 saturated heterocycles. The SMILES string of the molecule is CCCCOCCCCOc1cnc(-c2cccnc2O[SiH2]CCCCC(C)(C)CCCC)cn1. The van der Waals surface area contributed by atoms with E-state index < -0.39 is 9.76 Å². The van der Waals surface area contributed by atoms with Gasteiger partial charge in [-0.05, 0) is 55.7 Å².